The Morgan fingerprint density at radius 3 is 2.65 bits per heavy atom. The summed E-state index contributed by atoms with van der Waals surface area (Å²) < 4.78 is 1.02. The van der Waals surface area contributed by atoms with Gasteiger partial charge in [0.05, 0.1) is 22.7 Å². The number of para-hydroxylation sites is 2. The molecule has 7 heteroatoms. The molecule has 1 aliphatic heterocycles. The number of carbonyl (C=O) groups is 2. The molecule has 0 bridgehead atoms. The first-order chi connectivity index (χ1) is 15.2. The number of carbonyl (C=O) groups excluding carboxylic acids is 2. The number of hydrogen-bond donors (Lipinski definition) is 0. The average molecular weight is 429 g/mol. The van der Waals surface area contributed by atoms with Gasteiger partial charge >= 0.3 is 0 Å². The number of thiazole rings is 1. The van der Waals surface area contributed by atoms with Gasteiger partial charge in [0.15, 0.2) is 5.13 Å². The van der Waals surface area contributed by atoms with Crippen LogP contribution in [0.5, 0.6) is 0 Å². The van der Waals surface area contributed by atoms with Crippen molar-refractivity contribution in [2.45, 2.75) is 13.0 Å². The second kappa shape index (κ2) is 8.28. The standard InChI is InChI=1S/C24H20N4O2S/c29-22-13-18(16-27(22)19-8-2-1-3-9-19)23(30)28(15-17-7-6-12-25-14-17)24-26-20-10-4-5-11-21(20)31-24/h1-12,14,18H,13,15-16H2/t18-/m1/s1. The van der Waals surface area contributed by atoms with Crippen LogP contribution in [0, 0.1) is 5.92 Å². The minimum absolute atomic E-state index is 0.0322. The van der Waals surface area contributed by atoms with Gasteiger partial charge in [0.1, 0.15) is 0 Å². The summed E-state index contributed by atoms with van der Waals surface area (Å²) in [5.41, 5.74) is 2.60. The molecular formula is C24H20N4O2S. The number of hydrogen-bond acceptors (Lipinski definition) is 5. The van der Waals surface area contributed by atoms with E-state index in [2.05, 4.69) is 4.98 Å². The quantitative estimate of drug-likeness (QED) is 0.476. The van der Waals surface area contributed by atoms with Crippen molar-refractivity contribution in [1.29, 1.82) is 0 Å². The highest BCUT2D eigenvalue weighted by atomic mass is 32.1. The summed E-state index contributed by atoms with van der Waals surface area (Å²) in [6.07, 6.45) is 3.66. The first kappa shape index (κ1) is 19.4. The minimum atomic E-state index is -0.420. The van der Waals surface area contributed by atoms with Gasteiger partial charge < -0.3 is 4.90 Å². The maximum absolute atomic E-state index is 13.6. The van der Waals surface area contributed by atoms with Crippen LogP contribution in [0.1, 0.15) is 12.0 Å². The average Bonchev–Trinajstić information content (AvgIpc) is 3.42. The third-order valence-corrected chi connectivity index (χ3v) is 6.44. The van der Waals surface area contributed by atoms with Gasteiger partial charge in [-0.15, -0.1) is 0 Å². The monoisotopic (exact) mass is 428 g/mol. The fourth-order valence-electron chi connectivity index (χ4n) is 3.84. The molecule has 5 rings (SSSR count). The fourth-order valence-corrected chi connectivity index (χ4v) is 4.81. The zero-order chi connectivity index (χ0) is 21.2. The van der Waals surface area contributed by atoms with Crippen molar-refractivity contribution in [3.05, 3.63) is 84.7 Å². The highest BCUT2D eigenvalue weighted by Gasteiger charge is 2.38. The van der Waals surface area contributed by atoms with Gasteiger partial charge in [-0.3, -0.25) is 19.5 Å². The summed E-state index contributed by atoms with van der Waals surface area (Å²) in [5, 5.41) is 0.640. The molecule has 6 nitrogen and oxygen atoms in total. The third kappa shape index (κ3) is 3.92. The van der Waals surface area contributed by atoms with Crippen molar-refractivity contribution in [1.82, 2.24) is 9.97 Å². The molecule has 2 amide bonds. The van der Waals surface area contributed by atoms with Crippen LogP contribution in [0.4, 0.5) is 10.8 Å². The van der Waals surface area contributed by atoms with Crippen LogP contribution in [0.25, 0.3) is 10.2 Å². The number of benzene rings is 2. The summed E-state index contributed by atoms with van der Waals surface area (Å²) in [4.78, 5) is 38.6. The Hall–Kier alpha value is -3.58. The van der Waals surface area contributed by atoms with E-state index in [1.165, 1.54) is 11.3 Å². The maximum Gasteiger partial charge on any atom is 0.234 e. The summed E-state index contributed by atoms with van der Waals surface area (Å²) in [6.45, 7) is 0.735. The minimum Gasteiger partial charge on any atom is -0.312 e. The van der Waals surface area contributed by atoms with Gasteiger partial charge in [0, 0.05) is 31.0 Å². The van der Waals surface area contributed by atoms with Crippen LogP contribution in [-0.4, -0.2) is 28.3 Å². The summed E-state index contributed by atoms with van der Waals surface area (Å²) in [6, 6.07) is 21.1. The van der Waals surface area contributed by atoms with Gasteiger partial charge in [0.2, 0.25) is 11.8 Å². The molecule has 4 aromatic rings. The van der Waals surface area contributed by atoms with Crippen LogP contribution in [0.15, 0.2) is 79.1 Å². The first-order valence-electron chi connectivity index (χ1n) is 10.1. The van der Waals surface area contributed by atoms with E-state index < -0.39 is 5.92 Å². The lowest BCUT2D eigenvalue weighted by Gasteiger charge is -2.23. The van der Waals surface area contributed by atoms with Gasteiger partial charge in [-0.2, -0.15) is 0 Å². The van der Waals surface area contributed by atoms with Crippen molar-refractivity contribution in [2.75, 3.05) is 16.3 Å². The predicted molar refractivity (Wildman–Crippen MR) is 122 cm³/mol. The van der Waals surface area contributed by atoms with E-state index in [-0.39, 0.29) is 18.2 Å². The lowest BCUT2D eigenvalue weighted by atomic mass is 10.1. The van der Waals surface area contributed by atoms with Crippen LogP contribution in [0.3, 0.4) is 0 Å². The normalized spacial score (nSPS) is 16.1. The molecule has 31 heavy (non-hydrogen) atoms. The van der Waals surface area contributed by atoms with Crippen LogP contribution in [-0.2, 0) is 16.1 Å². The van der Waals surface area contributed by atoms with E-state index in [4.69, 9.17) is 4.98 Å². The Kier molecular flexibility index (Phi) is 5.18. The number of fused-ring (bicyclic) bond motifs is 1. The zero-order valence-electron chi connectivity index (χ0n) is 16.7. The molecule has 0 unspecified atom stereocenters. The molecular weight excluding hydrogens is 408 g/mol. The lowest BCUT2D eigenvalue weighted by Crippen LogP contribution is -2.37. The van der Waals surface area contributed by atoms with Crippen molar-refractivity contribution in [3.8, 4) is 0 Å². The molecule has 1 saturated heterocycles. The smallest absolute Gasteiger partial charge is 0.234 e. The molecule has 2 aromatic heterocycles. The number of amides is 2. The topological polar surface area (TPSA) is 66.4 Å². The molecule has 0 radical (unpaired) electrons. The third-order valence-electron chi connectivity index (χ3n) is 5.39. The summed E-state index contributed by atoms with van der Waals surface area (Å²) in [5.74, 6) is -0.541. The Morgan fingerprint density at radius 1 is 1.06 bits per heavy atom. The van der Waals surface area contributed by atoms with Crippen molar-refractivity contribution in [2.24, 2.45) is 5.92 Å². The fraction of sp³-hybridized carbons (Fsp3) is 0.167. The second-order valence-electron chi connectivity index (χ2n) is 7.49. The largest absolute Gasteiger partial charge is 0.312 e. The van der Waals surface area contributed by atoms with Crippen LogP contribution in [0.2, 0.25) is 0 Å². The molecule has 0 aliphatic carbocycles. The van der Waals surface area contributed by atoms with E-state index in [9.17, 15) is 9.59 Å². The number of nitrogens with zero attached hydrogens (tertiary/aromatic N) is 4. The Labute approximate surface area is 183 Å². The Morgan fingerprint density at radius 2 is 1.87 bits per heavy atom. The van der Waals surface area contributed by atoms with Crippen molar-refractivity contribution in [3.63, 3.8) is 0 Å². The van der Waals surface area contributed by atoms with E-state index in [1.54, 1.807) is 22.2 Å². The number of anilines is 2. The van der Waals surface area contributed by atoms with E-state index in [1.807, 2.05) is 66.7 Å². The molecule has 2 aromatic carbocycles. The predicted octanol–water partition coefficient (Wildman–Crippen LogP) is 4.28. The Balaban J connectivity index is 1.46. The van der Waals surface area contributed by atoms with Crippen molar-refractivity contribution >= 4 is 44.2 Å². The maximum atomic E-state index is 13.6. The lowest BCUT2D eigenvalue weighted by molar-refractivity contribution is -0.124. The molecule has 1 fully saturated rings. The van der Waals surface area contributed by atoms with Crippen LogP contribution < -0.4 is 9.80 Å². The molecule has 1 aliphatic rings. The van der Waals surface area contributed by atoms with E-state index in [0.29, 0.717) is 18.2 Å². The molecule has 154 valence electrons. The number of rotatable bonds is 5. The van der Waals surface area contributed by atoms with Crippen molar-refractivity contribution < 1.29 is 9.59 Å². The van der Waals surface area contributed by atoms with Crippen LogP contribution >= 0.6 is 11.3 Å². The number of aromatic nitrogens is 2. The van der Waals surface area contributed by atoms with E-state index in [0.717, 1.165) is 21.5 Å². The van der Waals surface area contributed by atoms with E-state index >= 15 is 0 Å². The molecule has 0 saturated carbocycles. The summed E-state index contributed by atoms with van der Waals surface area (Å²) >= 11 is 1.48. The molecule has 3 heterocycles. The van der Waals surface area contributed by atoms with Gasteiger partial charge in [-0.25, -0.2) is 4.98 Å². The highest BCUT2D eigenvalue weighted by molar-refractivity contribution is 7.22. The zero-order valence-corrected chi connectivity index (χ0v) is 17.5. The number of pyridine rings is 1. The van der Waals surface area contributed by atoms with Gasteiger partial charge in [0.25, 0.3) is 0 Å². The second-order valence-corrected chi connectivity index (χ2v) is 8.50. The summed E-state index contributed by atoms with van der Waals surface area (Å²) in [7, 11) is 0. The molecule has 0 N–H and O–H groups in total. The SMILES string of the molecule is O=C1C[C@@H](C(=O)N(Cc2cccnc2)c2nc3ccccc3s2)CN1c1ccccc1. The Bertz CT molecular complexity index is 1190. The highest BCUT2D eigenvalue weighted by Crippen LogP contribution is 2.33. The molecule has 1 atom stereocenters. The molecule has 0 spiro atoms. The first-order valence-corrected chi connectivity index (χ1v) is 10.9. The van der Waals surface area contributed by atoms with Gasteiger partial charge in [-0.1, -0.05) is 47.7 Å². The van der Waals surface area contributed by atoms with Gasteiger partial charge in [-0.05, 0) is 35.9 Å².